The molecule has 0 aromatic heterocycles. The molecule has 6 atom stereocenters. The minimum Gasteiger partial charge on any atom is -0.387 e. The second kappa shape index (κ2) is 9.03. The molecule has 1 aliphatic heterocycles. The van der Waals surface area contributed by atoms with Crippen LogP contribution in [0.2, 0.25) is 0 Å². The average Bonchev–Trinajstić information content (AvgIpc) is 2.87. The summed E-state index contributed by atoms with van der Waals surface area (Å²) in [7, 11) is 0. The van der Waals surface area contributed by atoms with E-state index in [-0.39, 0.29) is 0 Å². The SMILES string of the molecule is CC(C)(C)C(=O)C(O)[C@H](O)[C@@H]1O[C@](O)(C(=O)C(C)(C)C)[C@@](O)(C(=O)C(C)(C)C)[C@]1(O)C(=O)C(C)(C)C. The monoisotopic (exact) mass is 516 g/mol. The summed E-state index contributed by atoms with van der Waals surface area (Å²) in [6.07, 6.45) is -7.14. The highest BCUT2D eigenvalue weighted by Gasteiger charge is 2.84. The van der Waals surface area contributed by atoms with E-state index in [2.05, 4.69) is 0 Å². The van der Waals surface area contributed by atoms with Crippen molar-refractivity contribution in [1.82, 2.24) is 0 Å². The summed E-state index contributed by atoms with van der Waals surface area (Å²) < 4.78 is 5.45. The van der Waals surface area contributed by atoms with Crippen molar-refractivity contribution >= 4 is 23.1 Å². The highest BCUT2D eigenvalue weighted by Crippen LogP contribution is 2.54. The zero-order valence-corrected chi connectivity index (χ0v) is 23.5. The van der Waals surface area contributed by atoms with Crippen LogP contribution in [0.25, 0.3) is 0 Å². The third kappa shape index (κ3) is 4.83. The zero-order chi connectivity index (χ0) is 29.2. The molecular formula is C26H44O10. The van der Waals surface area contributed by atoms with Gasteiger partial charge in [0, 0.05) is 21.7 Å². The summed E-state index contributed by atoms with van der Waals surface area (Å²) in [5.74, 6) is -8.27. The Morgan fingerprint density at radius 1 is 0.639 bits per heavy atom. The van der Waals surface area contributed by atoms with Crippen LogP contribution in [0.4, 0.5) is 0 Å². The van der Waals surface area contributed by atoms with E-state index in [4.69, 9.17) is 4.74 Å². The number of aliphatic hydroxyl groups excluding tert-OH is 2. The van der Waals surface area contributed by atoms with Crippen LogP contribution >= 0.6 is 0 Å². The summed E-state index contributed by atoms with van der Waals surface area (Å²) >= 11 is 0. The number of ether oxygens (including phenoxy) is 1. The predicted molar refractivity (Wildman–Crippen MR) is 130 cm³/mol. The van der Waals surface area contributed by atoms with E-state index in [1.54, 1.807) is 0 Å². The number of hydrogen-bond donors (Lipinski definition) is 5. The Labute approximate surface area is 213 Å². The van der Waals surface area contributed by atoms with Crippen molar-refractivity contribution in [2.45, 2.75) is 118 Å². The Morgan fingerprint density at radius 2 is 1.00 bits per heavy atom. The Kier molecular flexibility index (Phi) is 8.14. The average molecular weight is 517 g/mol. The molecule has 1 fully saturated rings. The van der Waals surface area contributed by atoms with Crippen molar-refractivity contribution in [2.24, 2.45) is 21.7 Å². The van der Waals surface area contributed by atoms with E-state index in [0.717, 1.165) is 0 Å². The van der Waals surface area contributed by atoms with Gasteiger partial charge in [0.05, 0.1) is 0 Å². The summed E-state index contributed by atoms with van der Waals surface area (Å²) in [6.45, 7) is 16.4. The summed E-state index contributed by atoms with van der Waals surface area (Å²) in [5, 5.41) is 57.5. The molecule has 1 rings (SSSR count). The Balaban J connectivity index is 4.18. The fourth-order valence-corrected chi connectivity index (χ4v) is 4.36. The van der Waals surface area contributed by atoms with Crippen LogP contribution < -0.4 is 0 Å². The van der Waals surface area contributed by atoms with Gasteiger partial charge in [0.2, 0.25) is 11.4 Å². The second-order valence-electron chi connectivity index (χ2n) is 13.9. The normalized spacial score (nSPS) is 31.6. The maximum Gasteiger partial charge on any atom is 0.268 e. The molecule has 0 aromatic rings. The van der Waals surface area contributed by atoms with Crippen molar-refractivity contribution in [1.29, 1.82) is 0 Å². The molecule has 36 heavy (non-hydrogen) atoms. The van der Waals surface area contributed by atoms with E-state index in [1.807, 2.05) is 0 Å². The highest BCUT2D eigenvalue weighted by atomic mass is 16.7. The fraction of sp³-hybridized carbons (Fsp3) is 0.846. The van der Waals surface area contributed by atoms with Crippen LogP contribution in [0.3, 0.4) is 0 Å². The van der Waals surface area contributed by atoms with E-state index in [1.165, 1.54) is 83.1 Å². The van der Waals surface area contributed by atoms with E-state index < -0.39 is 80.1 Å². The van der Waals surface area contributed by atoms with E-state index >= 15 is 0 Å². The molecule has 0 saturated carbocycles. The third-order valence-electron chi connectivity index (χ3n) is 6.42. The number of hydrogen-bond acceptors (Lipinski definition) is 10. The number of aliphatic hydroxyl groups is 5. The second-order valence-corrected chi connectivity index (χ2v) is 13.9. The van der Waals surface area contributed by atoms with Gasteiger partial charge in [0.1, 0.15) is 18.3 Å². The molecule has 10 nitrogen and oxygen atoms in total. The Morgan fingerprint density at radius 3 is 1.31 bits per heavy atom. The van der Waals surface area contributed by atoms with Gasteiger partial charge in [-0.05, 0) is 0 Å². The van der Waals surface area contributed by atoms with Crippen LogP contribution in [-0.2, 0) is 23.9 Å². The largest absolute Gasteiger partial charge is 0.387 e. The van der Waals surface area contributed by atoms with Crippen LogP contribution in [-0.4, -0.2) is 84.0 Å². The molecular weight excluding hydrogens is 472 g/mol. The molecule has 0 spiro atoms. The van der Waals surface area contributed by atoms with Gasteiger partial charge in [-0.2, -0.15) is 0 Å². The molecule has 0 aliphatic carbocycles. The molecule has 0 bridgehead atoms. The number of carbonyl (C=O) groups is 4. The first-order valence-corrected chi connectivity index (χ1v) is 11.9. The molecule has 10 heteroatoms. The molecule has 1 heterocycles. The molecule has 1 saturated heterocycles. The molecule has 1 aliphatic rings. The van der Waals surface area contributed by atoms with Crippen molar-refractivity contribution in [3.05, 3.63) is 0 Å². The molecule has 208 valence electrons. The van der Waals surface area contributed by atoms with Gasteiger partial charge in [0.25, 0.3) is 5.79 Å². The number of rotatable bonds is 6. The van der Waals surface area contributed by atoms with Gasteiger partial charge < -0.3 is 30.3 Å². The van der Waals surface area contributed by atoms with Gasteiger partial charge in [-0.25, -0.2) is 0 Å². The lowest BCUT2D eigenvalue weighted by Crippen LogP contribution is -2.77. The zero-order valence-electron chi connectivity index (χ0n) is 23.5. The lowest BCUT2D eigenvalue weighted by Gasteiger charge is -2.46. The fourth-order valence-electron chi connectivity index (χ4n) is 4.36. The smallest absolute Gasteiger partial charge is 0.268 e. The van der Waals surface area contributed by atoms with Gasteiger partial charge in [-0.15, -0.1) is 0 Å². The summed E-state index contributed by atoms with van der Waals surface area (Å²) in [6, 6.07) is 0. The minimum atomic E-state index is -3.62. The summed E-state index contributed by atoms with van der Waals surface area (Å²) in [5.41, 5.74) is -12.8. The molecule has 5 N–H and O–H groups in total. The Hall–Kier alpha value is -1.56. The third-order valence-corrected chi connectivity index (χ3v) is 6.42. The van der Waals surface area contributed by atoms with Crippen molar-refractivity contribution in [3.8, 4) is 0 Å². The molecule has 0 amide bonds. The van der Waals surface area contributed by atoms with Crippen molar-refractivity contribution in [3.63, 3.8) is 0 Å². The Bertz CT molecular complexity index is 926. The number of Topliss-reactive ketones (excluding diaryl/α,β-unsaturated/α-hetero) is 4. The number of carbonyl (C=O) groups excluding carboxylic acids is 4. The van der Waals surface area contributed by atoms with Crippen molar-refractivity contribution in [2.75, 3.05) is 0 Å². The van der Waals surface area contributed by atoms with Crippen molar-refractivity contribution < 1.29 is 49.4 Å². The molecule has 1 unspecified atom stereocenters. The first kappa shape index (κ1) is 32.5. The first-order chi connectivity index (χ1) is 15.5. The number of ketones is 4. The minimum absolute atomic E-state index is 0.910. The quantitative estimate of drug-likeness (QED) is 0.338. The predicted octanol–water partition coefficient (Wildman–Crippen LogP) is 0.719. The highest BCUT2D eigenvalue weighted by molar-refractivity contribution is 6.10. The molecule has 0 aromatic carbocycles. The van der Waals surface area contributed by atoms with Crippen LogP contribution in [0, 0.1) is 21.7 Å². The van der Waals surface area contributed by atoms with E-state index in [0.29, 0.717) is 0 Å². The maximum absolute atomic E-state index is 13.8. The lowest BCUT2D eigenvalue weighted by molar-refractivity contribution is -0.261. The molecule has 0 radical (unpaired) electrons. The van der Waals surface area contributed by atoms with Gasteiger partial charge in [-0.1, -0.05) is 83.1 Å². The topological polar surface area (TPSA) is 179 Å². The maximum atomic E-state index is 13.8. The standard InChI is InChI=1S/C26H44O10/c1-20(2,3)15(29)13(27)14(28)16-24(33,17(30)21(4,5)6)25(34,18(31)22(7,8)9)26(35,36-16)19(32)23(10,11)12/h13-14,16,27-28,33-35H,1-12H3/t13?,14-,16-,24+,25+,26+/m0/s1. The van der Waals surface area contributed by atoms with Crippen LogP contribution in [0.15, 0.2) is 0 Å². The van der Waals surface area contributed by atoms with Gasteiger partial charge >= 0.3 is 0 Å². The van der Waals surface area contributed by atoms with Crippen LogP contribution in [0.5, 0.6) is 0 Å². The summed E-state index contributed by atoms with van der Waals surface area (Å²) in [4.78, 5) is 53.8. The van der Waals surface area contributed by atoms with E-state index in [9.17, 15) is 44.7 Å². The van der Waals surface area contributed by atoms with Crippen LogP contribution in [0.1, 0.15) is 83.1 Å². The van der Waals surface area contributed by atoms with Gasteiger partial charge in [0.15, 0.2) is 23.0 Å². The first-order valence-electron chi connectivity index (χ1n) is 11.9. The van der Waals surface area contributed by atoms with Gasteiger partial charge in [-0.3, -0.25) is 19.2 Å². The lowest BCUT2D eigenvalue weighted by atomic mass is 9.59.